The third-order valence-electron chi connectivity index (χ3n) is 3.23. The standard InChI is InChI=1S/C13H28/c1-7-13(8-10(2)3)9-12(6)11(4)5/h10-13H,7-9H2,1-6H3. The highest BCUT2D eigenvalue weighted by Gasteiger charge is 2.15. The van der Waals surface area contributed by atoms with Gasteiger partial charge in [0.25, 0.3) is 0 Å². The van der Waals surface area contributed by atoms with Gasteiger partial charge in [0.15, 0.2) is 0 Å². The predicted octanol–water partition coefficient (Wildman–Crippen LogP) is 4.74. The van der Waals surface area contributed by atoms with Crippen LogP contribution in [-0.2, 0) is 0 Å². The van der Waals surface area contributed by atoms with Gasteiger partial charge in [-0.05, 0) is 36.5 Å². The highest BCUT2D eigenvalue weighted by molar-refractivity contribution is 4.66. The minimum Gasteiger partial charge on any atom is -0.0651 e. The molecule has 2 unspecified atom stereocenters. The fraction of sp³-hybridized carbons (Fsp3) is 1.00. The van der Waals surface area contributed by atoms with E-state index in [9.17, 15) is 0 Å². The maximum atomic E-state index is 2.40. The molecule has 0 amide bonds. The molecule has 0 N–H and O–H groups in total. The monoisotopic (exact) mass is 184 g/mol. The van der Waals surface area contributed by atoms with Crippen molar-refractivity contribution in [1.82, 2.24) is 0 Å². The molecular formula is C13H28. The van der Waals surface area contributed by atoms with Gasteiger partial charge in [0, 0.05) is 0 Å². The van der Waals surface area contributed by atoms with E-state index in [0.29, 0.717) is 0 Å². The van der Waals surface area contributed by atoms with Gasteiger partial charge in [-0.25, -0.2) is 0 Å². The first-order valence-electron chi connectivity index (χ1n) is 5.97. The maximum absolute atomic E-state index is 2.40. The zero-order valence-electron chi connectivity index (χ0n) is 10.4. The molecule has 0 aliphatic carbocycles. The number of hydrogen-bond acceptors (Lipinski definition) is 0. The Balaban J connectivity index is 3.83. The number of rotatable bonds is 6. The van der Waals surface area contributed by atoms with Gasteiger partial charge >= 0.3 is 0 Å². The summed E-state index contributed by atoms with van der Waals surface area (Å²) < 4.78 is 0. The molecule has 0 nitrogen and oxygen atoms in total. The van der Waals surface area contributed by atoms with Gasteiger partial charge in [-0.3, -0.25) is 0 Å². The van der Waals surface area contributed by atoms with Gasteiger partial charge in [-0.15, -0.1) is 0 Å². The van der Waals surface area contributed by atoms with Gasteiger partial charge in [-0.2, -0.15) is 0 Å². The van der Waals surface area contributed by atoms with Crippen LogP contribution in [0.5, 0.6) is 0 Å². The summed E-state index contributed by atoms with van der Waals surface area (Å²) in [6.45, 7) is 14.1. The first-order valence-corrected chi connectivity index (χ1v) is 5.97. The average Bonchev–Trinajstić information content (AvgIpc) is 2.02. The van der Waals surface area contributed by atoms with Gasteiger partial charge in [0.05, 0.1) is 0 Å². The summed E-state index contributed by atoms with van der Waals surface area (Å²) in [6.07, 6.45) is 4.19. The number of hydrogen-bond donors (Lipinski definition) is 0. The first kappa shape index (κ1) is 13.0. The van der Waals surface area contributed by atoms with Gasteiger partial charge in [0.1, 0.15) is 0 Å². The Hall–Kier alpha value is 0. The SMILES string of the molecule is CCC(CC(C)C)CC(C)C(C)C. The molecule has 0 radical (unpaired) electrons. The Bertz CT molecular complexity index is 113. The van der Waals surface area contributed by atoms with Crippen LogP contribution in [0.1, 0.15) is 60.8 Å². The Morgan fingerprint density at radius 2 is 1.38 bits per heavy atom. The van der Waals surface area contributed by atoms with E-state index in [-0.39, 0.29) is 0 Å². The van der Waals surface area contributed by atoms with Crippen LogP contribution in [0.15, 0.2) is 0 Å². The summed E-state index contributed by atoms with van der Waals surface area (Å²) >= 11 is 0. The minimum absolute atomic E-state index is 0.848. The topological polar surface area (TPSA) is 0 Å². The van der Waals surface area contributed by atoms with Crippen molar-refractivity contribution in [2.24, 2.45) is 23.7 Å². The molecule has 0 aromatic carbocycles. The van der Waals surface area contributed by atoms with E-state index < -0.39 is 0 Å². The van der Waals surface area contributed by atoms with Crippen molar-refractivity contribution in [3.63, 3.8) is 0 Å². The normalized spacial score (nSPS) is 16.6. The van der Waals surface area contributed by atoms with Crippen LogP contribution in [0.4, 0.5) is 0 Å². The van der Waals surface area contributed by atoms with Crippen molar-refractivity contribution in [2.75, 3.05) is 0 Å². The summed E-state index contributed by atoms with van der Waals surface area (Å²) in [7, 11) is 0. The maximum Gasteiger partial charge on any atom is -0.0412 e. The molecular weight excluding hydrogens is 156 g/mol. The van der Waals surface area contributed by atoms with Gasteiger partial charge in [0.2, 0.25) is 0 Å². The summed E-state index contributed by atoms with van der Waals surface area (Å²) in [4.78, 5) is 0. The Morgan fingerprint density at radius 1 is 0.846 bits per heavy atom. The van der Waals surface area contributed by atoms with Gasteiger partial charge in [-0.1, -0.05) is 48.0 Å². The summed E-state index contributed by atoms with van der Waals surface area (Å²) in [5.74, 6) is 3.56. The molecule has 0 aromatic rings. The Morgan fingerprint density at radius 3 is 1.69 bits per heavy atom. The van der Waals surface area contributed by atoms with Crippen LogP contribution in [0.3, 0.4) is 0 Å². The average molecular weight is 184 g/mol. The summed E-state index contributed by atoms with van der Waals surface area (Å²) in [6, 6.07) is 0. The van der Waals surface area contributed by atoms with E-state index in [0.717, 1.165) is 23.7 Å². The molecule has 0 heteroatoms. The first-order chi connectivity index (χ1) is 5.97. The second-order valence-electron chi connectivity index (χ2n) is 5.36. The van der Waals surface area contributed by atoms with Crippen LogP contribution in [0.2, 0.25) is 0 Å². The molecule has 0 saturated carbocycles. The minimum atomic E-state index is 0.848. The molecule has 13 heavy (non-hydrogen) atoms. The van der Waals surface area contributed by atoms with E-state index in [4.69, 9.17) is 0 Å². The zero-order valence-corrected chi connectivity index (χ0v) is 10.4. The van der Waals surface area contributed by atoms with E-state index >= 15 is 0 Å². The van der Waals surface area contributed by atoms with E-state index in [2.05, 4.69) is 41.5 Å². The smallest absolute Gasteiger partial charge is 0.0412 e. The lowest BCUT2D eigenvalue weighted by Crippen LogP contribution is -2.12. The lowest BCUT2D eigenvalue weighted by Gasteiger charge is -2.23. The lowest BCUT2D eigenvalue weighted by atomic mass is 9.83. The van der Waals surface area contributed by atoms with E-state index in [1.807, 2.05) is 0 Å². The third kappa shape index (κ3) is 6.12. The molecule has 0 aliphatic heterocycles. The molecule has 80 valence electrons. The van der Waals surface area contributed by atoms with Crippen LogP contribution in [0.25, 0.3) is 0 Å². The van der Waals surface area contributed by atoms with Crippen molar-refractivity contribution in [2.45, 2.75) is 60.8 Å². The highest BCUT2D eigenvalue weighted by atomic mass is 14.2. The molecule has 0 aromatic heterocycles. The summed E-state index contributed by atoms with van der Waals surface area (Å²) in [5.41, 5.74) is 0. The molecule has 0 fully saturated rings. The van der Waals surface area contributed by atoms with Gasteiger partial charge < -0.3 is 0 Å². The van der Waals surface area contributed by atoms with E-state index in [1.54, 1.807) is 0 Å². The molecule has 0 saturated heterocycles. The molecule has 0 aliphatic rings. The quantitative estimate of drug-likeness (QED) is 0.559. The largest absolute Gasteiger partial charge is 0.0651 e. The van der Waals surface area contributed by atoms with Crippen molar-refractivity contribution in [3.05, 3.63) is 0 Å². The highest BCUT2D eigenvalue weighted by Crippen LogP contribution is 2.26. The fourth-order valence-electron chi connectivity index (χ4n) is 1.89. The van der Waals surface area contributed by atoms with Crippen LogP contribution >= 0.6 is 0 Å². The van der Waals surface area contributed by atoms with Crippen molar-refractivity contribution in [1.29, 1.82) is 0 Å². The van der Waals surface area contributed by atoms with Crippen LogP contribution < -0.4 is 0 Å². The summed E-state index contributed by atoms with van der Waals surface area (Å²) in [5, 5.41) is 0. The Labute approximate surface area is 85.1 Å². The van der Waals surface area contributed by atoms with Crippen LogP contribution in [-0.4, -0.2) is 0 Å². The van der Waals surface area contributed by atoms with Crippen molar-refractivity contribution >= 4 is 0 Å². The van der Waals surface area contributed by atoms with E-state index in [1.165, 1.54) is 19.3 Å². The van der Waals surface area contributed by atoms with Crippen LogP contribution in [0, 0.1) is 23.7 Å². The lowest BCUT2D eigenvalue weighted by molar-refractivity contribution is 0.280. The molecule has 0 rings (SSSR count). The molecule has 0 bridgehead atoms. The second kappa shape index (κ2) is 6.45. The van der Waals surface area contributed by atoms with Crippen molar-refractivity contribution < 1.29 is 0 Å². The molecule has 2 atom stereocenters. The third-order valence-corrected chi connectivity index (χ3v) is 3.23. The zero-order chi connectivity index (χ0) is 10.4. The molecule has 0 spiro atoms. The van der Waals surface area contributed by atoms with Crippen molar-refractivity contribution in [3.8, 4) is 0 Å². The predicted molar refractivity (Wildman–Crippen MR) is 61.9 cm³/mol. The Kier molecular flexibility index (Phi) is 6.45. The second-order valence-corrected chi connectivity index (χ2v) is 5.36. The molecule has 0 heterocycles. The fourth-order valence-corrected chi connectivity index (χ4v) is 1.89.